The second kappa shape index (κ2) is 7.25. The van der Waals surface area contributed by atoms with E-state index < -0.39 is 0 Å². The molecule has 0 aliphatic rings. The number of hydrogen-bond donors (Lipinski definition) is 2. The molecule has 1 aromatic heterocycles. The molecule has 0 spiro atoms. The summed E-state index contributed by atoms with van der Waals surface area (Å²) in [4.78, 5) is 8.50. The highest BCUT2D eigenvalue weighted by molar-refractivity contribution is 5.59. The molecular formula is C19H17N5. The molecule has 0 fully saturated rings. The van der Waals surface area contributed by atoms with Crippen molar-refractivity contribution >= 4 is 17.3 Å². The number of nitrogens with zero attached hydrogens (tertiary/aromatic N) is 3. The van der Waals surface area contributed by atoms with E-state index in [9.17, 15) is 0 Å². The molecule has 0 amide bonds. The quantitative estimate of drug-likeness (QED) is 0.735. The lowest BCUT2D eigenvalue weighted by molar-refractivity contribution is 0.872. The molecule has 0 radical (unpaired) electrons. The van der Waals surface area contributed by atoms with Gasteiger partial charge in [-0.25, -0.2) is 9.97 Å². The van der Waals surface area contributed by atoms with E-state index in [4.69, 9.17) is 5.26 Å². The summed E-state index contributed by atoms with van der Waals surface area (Å²) in [6.07, 6.45) is 1.52. The number of anilines is 3. The summed E-state index contributed by atoms with van der Waals surface area (Å²) in [7, 11) is 0. The Kier molecular flexibility index (Phi) is 4.68. The molecule has 1 unspecified atom stereocenters. The fourth-order valence-electron chi connectivity index (χ4n) is 2.33. The average Bonchev–Trinajstić information content (AvgIpc) is 2.63. The highest BCUT2D eigenvalue weighted by atomic mass is 15.1. The number of aromatic nitrogens is 2. The third kappa shape index (κ3) is 3.87. The molecule has 5 nitrogen and oxygen atoms in total. The molecule has 0 saturated heterocycles. The first-order chi connectivity index (χ1) is 11.7. The first-order valence-corrected chi connectivity index (χ1v) is 7.65. The van der Waals surface area contributed by atoms with Crippen LogP contribution >= 0.6 is 0 Å². The molecule has 0 aliphatic carbocycles. The van der Waals surface area contributed by atoms with Crippen LogP contribution in [0.15, 0.2) is 67.0 Å². The zero-order valence-electron chi connectivity index (χ0n) is 13.3. The summed E-state index contributed by atoms with van der Waals surface area (Å²) in [5.74, 6) is 1.44. The highest BCUT2D eigenvalue weighted by Gasteiger charge is 2.06. The third-order valence-corrected chi connectivity index (χ3v) is 3.62. The van der Waals surface area contributed by atoms with Crippen molar-refractivity contribution in [2.45, 2.75) is 13.0 Å². The maximum absolute atomic E-state index is 8.83. The van der Waals surface area contributed by atoms with Crippen LogP contribution in [0.4, 0.5) is 17.3 Å². The molecule has 24 heavy (non-hydrogen) atoms. The van der Waals surface area contributed by atoms with Crippen LogP contribution in [-0.4, -0.2) is 9.97 Å². The summed E-state index contributed by atoms with van der Waals surface area (Å²) in [6, 6.07) is 21.5. The van der Waals surface area contributed by atoms with E-state index in [2.05, 4.69) is 45.7 Å². The van der Waals surface area contributed by atoms with Gasteiger partial charge < -0.3 is 10.6 Å². The minimum atomic E-state index is 0.142. The van der Waals surface area contributed by atoms with Gasteiger partial charge in [-0.05, 0) is 36.8 Å². The smallest absolute Gasteiger partial charge is 0.135 e. The second-order valence-electron chi connectivity index (χ2n) is 5.38. The van der Waals surface area contributed by atoms with Gasteiger partial charge in [0.1, 0.15) is 18.0 Å². The highest BCUT2D eigenvalue weighted by Crippen LogP contribution is 2.20. The molecule has 1 heterocycles. The van der Waals surface area contributed by atoms with Crippen LogP contribution in [-0.2, 0) is 0 Å². The SMILES string of the molecule is CC(Nc1cc(Nc2ccc(C#N)cc2)ncn1)c1ccccc1. The molecule has 2 N–H and O–H groups in total. The first kappa shape index (κ1) is 15.5. The number of nitriles is 1. The maximum Gasteiger partial charge on any atom is 0.135 e. The van der Waals surface area contributed by atoms with E-state index in [1.54, 1.807) is 12.1 Å². The largest absolute Gasteiger partial charge is 0.363 e. The van der Waals surface area contributed by atoms with Gasteiger partial charge in [-0.1, -0.05) is 30.3 Å². The second-order valence-corrected chi connectivity index (χ2v) is 5.38. The minimum Gasteiger partial charge on any atom is -0.363 e. The van der Waals surface area contributed by atoms with Crippen molar-refractivity contribution in [1.29, 1.82) is 5.26 Å². The number of hydrogen-bond acceptors (Lipinski definition) is 5. The Morgan fingerprint density at radius 3 is 2.38 bits per heavy atom. The van der Waals surface area contributed by atoms with Gasteiger partial charge in [0, 0.05) is 17.8 Å². The van der Waals surface area contributed by atoms with E-state index in [1.807, 2.05) is 36.4 Å². The molecular weight excluding hydrogens is 298 g/mol. The van der Waals surface area contributed by atoms with E-state index in [0.717, 1.165) is 11.5 Å². The van der Waals surface area contributed by atoms with Crippen molar-refractivity contribution in [3.05, 3.63) is 78.1 Å². The molecule has 0 bridgehead atoms. The fraction of sp³-hybridized carbons (Fsp3) is 0.105. The van der Waals surface area contributed by atoms with Crippen LogP contribution in [0.2, 0.25) is 0 Å². The third-order valence-electron chi connectivity index (χ3n) is 3.62. The van der Waals surface area contributed by atoms with E-state index >= 15 is 0 Å². The molecule has 2 aromatic carbocycles. The Hall–Kier alpha value is -3.39. The maximum atomic E-state index is 8.83. The molecule has 0 aliphatic heterocycles. The van der Waals surface area contributed by atoms with Gasteiger partial charge >= 0.3 is 0 Å². The summed E-state index contributed by atoms with van der Waals surface area (Å²) < 4.78 is 0. The van der Waals surface area contributed by atoms with Crippen molar-refractivity contribution in [2.75, 3.05) is 10.6 Å². The number of rotatable bonds is 5. The fourth-order valence-corrected chi connectivity index (χ4v) is 2.33. The number of nitrogens with one attached hydrogen (secondary N) is 2. The molecule has 118 valence electrons. The molecule has 3 rings (SSSR count). The van der Waals surface area contributed by atoms with Crippen LogP contribution in [0, 0.1) is 11.3 Å². The van der Waals surface area contributed by atoms with Gasteiger partial charge in [-0.2, -0.15) is 5.26 Å². The zero-order valence-corrected chi connectivity index (χ0v) is 13.3. The average molecular weight is 315 g/mol. The molecule has 3 aromatic rings. The lowest BCUT2D eigenvalue weighted by atomic mass is 10.1. The van der Waals surface area contributed by atoms with Crippen LogP contribution < -0.4 is 10.6 Å². The van der Waals surface area contributed by atoms with Gasteiger partial charge in [0.2, 0.25) is 0 Å². The number of benzene rings is 2. The van der Waals surface area contributed by atoms with E-state index in [1.165, 1.54) is 11.9 Å². The molecule has 1 atom stereocenters. The van der Waals surface area contributed by atoms with Crippen LogP contribution in [0.1, 0.15) is 24.1 Å². The van der Waals surface area contributed by atoms with Crippen molar-refractivity contribution in [2.24, 2.45) is 0 Å². The molecule has 5 heteroatoms. The van der Waals surface area contributed by atoms with Gasteiger partial charge in [-0.15, -0.1) is 0 Å². The first-order valence-electron chi connectivity index (χ1n) is 7.65. The van der Waals surface area contributed by atoms with Gasteiger partial charge in [0.25, 0.3) is 0 Å². The van der Waals surface area contributed by atoms with Crippen molar-refractivity contribution in [3.63, 3.8) is 0 Å². The molecule has 0 saturated carbocycles. The van der Waals surface area contributed by atoms with Crippen molar-refractivity contribution in [1.82, 2.24) is 9.97 Å². The Bertz CT molecular complexity index is 838. The lowest BCUT2D eigenvalue weighted by Crippen LogP contribution is -2.08. The monoisotopic (exact) mass is 315 g/mol. The predicted molar refractivity (Wildman–Crippen MR) is 95.0 cm³/mol. The normalized spacial score (nSPS) is 11.3. The van der Waals surface area contributed by atoms with Crippen LogP contribution in [0.3, 0.4) is 0 Å². The minimum absolute atomic E-state index is 0.142. The zero-order chi connectivity index (χ0) is 16.8. The Morgan fingerprint density at radius 1 is 0.958 bits per heavy atom. The standard InChI is InChI=1S/C19H17N5/c1-14(16-5-3-2-4-6-16)23-18-11-19(22-13-21-18)24-17-9-7-15(12-20)8-10-17/h2-11,13-14H,1H3,(H2,21,22,23,24). The lowest BCUT2D eigenvalue weighted by Gasteiger charge is -2.15. The van der Waals surface area contributed by atoms with Gasteiger partial charge in [0.05, 0.1) is 11.6 Å². The van der Waals surface area contributed by atoms with Crippen LogP contribution in [0.25, 0.3) is 0 Å². The Labute approximate surface area is 141 Å². The summed E-state index contributed by atoms with van der Waals surface area (Å²) >= 11 is 0. The Balaban J connectivity index is 1.70. The van der Waals surface area contributed by atoms with Gasteiger partial charge in [0.15, 0.2) is 0 Å². The summed E-state index contributed by atoms with van der Waals surface area (Å²) in [6.45, 7) is 2.09. The van der Waals surface area contributed by atoms with E-state index in [0.29, 0.717) is 11.4 Å². The summed E-state index contributed by atoms with van der Waals surface area (Å²) in [5, 5.41) is 15.4. The van der Waals surface area contributed by atoms with E-state index in [-0.39, 0.29) is 6.04 Å². The Morgan fingerprint density at radius 2 is 1.67 bits per heavy atom. The van der Waals surface area contributed by atoms with Crippen molar-refractivity contribution < 1.29 is 0 Å². The predicted octanol–water partition coefficient (Wildman–Crippen LogP) is 4.26. The van der Waals surface area contributed by atoms with Gasteiger partial charge in [-0.3, -0.25) is 0 Å². The van der Waals surface area contributed by atoms with Crippen molar-refractivity contribution in [3.8, 4) is 6.07 Å². The topological polar surface area (TPSA) is 73.6 Å². The summed E-state index contributed by atoms with van der Waals surface area (Å²) in [5.41, 5.74) is 2.69. The van der Waals surface area contributed by atoms with Crippen LogP contribution in [0.5, 0.6) is 0 Å².